The van der Waals surface area contributed by atoms with E-state index in [0.29, 0.717) is 22.8 Å². The van der Waals surface area contributed by atoms with Gasteiger partial charge in [-0.15, -0.1) is 0 Å². The first kappa shape index (κ1) is 59.1. The van der Waals surface area contributed by atoms with Crippen LogP contribution in [0.25, 0.3) is 101 Å². The van der Waals surface area contributed by atoms with E-state index in [4.69, 9.17) is 19.9 Å². The van der Waals surface area contributed by atoms with E-state index in [9.17, 15) is 10.2 Å². The Morgan fingerprint density at radius 1 is 0.314 bits per heavy atom. The van der Waals surface area contributed by atoms with Crippen molar-refractivity contribution in [2.75, 3.05) is 0 Å². The average Bonchev–Trinajstić information content (AvgIpc) is 1.64. The zero-order valence-corrected chi connectivity index (χ0v) is 53.7. The maximum atomic E-state index is 12.4. The lowest BCUT2D eigenvalue weighted by Crippen LogP contribution is -2.17. The summed E-state index contributed by atoms with van der Waals surface area (Å²) in [5.74, 6) is 1.85. The van der Waals surface area contributed by atoms with Crippen LogP contribution >= 0.6 is 0 Å². The molecule has 86 heavy (non-hydrogen) atoms. The lowest BCUT2D eigenvalue weighted by atomic mass is 9.79. The summed E-state index contributed by atoms with van der Waals surface area (Å²) >= 11 is 0. The van der Waals surface area contributed by atoms with Crippen molar-refractivity contribution < 1.29 is 10.2 Å². The van der Waals surface area contributed by atoms with E-state index < -0.39 is 0 Å². The van der Waals surface area contributed by atoms with Crippen LogP contribution in [-0.4, -0.2) is 39.3 Å². The number of para-hydroxylation sites is 4. The Morgan fingerprint density at radius 3 is 0.988 bits per heavy atom. The number of aromatic hydroxyl groups is 2. The monoisotopic (exact) mass is 1140 g/mol. The summed E-state index contributed by atoms with van der Waals surface area (Å²) < 4.78 is 4.40. The molecule has 0 aliphatic carbocycles. The van der Waals surface area contributed by atoms with Gasteiger partial charge in [0.1, 0.15) is 29.5 Å². The molecule has 2 N–H and O–H groups in total. The van der Waals surface area contributed by atoms with Crippen molar-refractivity contribution in [3.8, 4) is 90.4 Å². The molecular formula is C78H84N6O2. The Balaban J connectivity index is 1.09. The second kappa shape index (κ2) is 21.1. The van der Waals surface area contributed by atoms with E-state index in [-0.39, 0.29) is 44.0 Å². The molecule has 0 spiro atoms. The van der Waals surface area contributed by atoms with E-state index in [1.807, 2.05) is 12.1 Å². The Kier molecular flexibility index (Phi) is 14.5. The van der Waals surface area contributed by atoms with Crippen LogP contribution in [0.2, 0.25) is 0 Å². The summed E-state index contributed by atoms with van der Waals surface area (Å²) in [6.07, 6.45) is 1.69. The third kappa shape index (κ3) is 11.2. The first-order valence-corrected chi connectivity index (χ1v) is 30.3. The molecule has 3 heterocycles. The third-order valence-corrected chi connectivity index (χ3v) is 16.9. The third-order valence-electron chi connectivity index (χ3n) is 16.9. The van der Waals surface area contributed by atoms with Crippen LogP contribution in [0.5, 0.6) is 11.5 Å². The van der Waals surface area contributed by atoms with Gasteiger partial charge in [0.15, 0.2) is 0 Å². The molecule has 11 aromatic rings. The fraction of sp³-hybridized carbons (Fsp3) is 0.308. The van der Waals surface area contributed by atoms with Crippen molar-refractivity contribution in [3.05, 3.63) is 203 Å². The van der Waals surface area contributed by atoms with E-state index >= 15 is 0 Å². The van der Waals surface area contributed by atoms with Crippen LogP contribution in [0.15, 0.2) is 170 Å². The van der Waals surface area contributed by atoms with Gasteiger partial charge in [0, 0.05) is 44.8 Å². The van der Waals surface area contributed by atoms with Crippen molar-refractivity contribution in [2.45, 2.75) is 157 Å². The van der Waals surface area contributed by atoms with Crippen molar-refractivity contribution in [3.63, 3.8) is 0 Å². The number of nitrogens with zero attached hydrogens (tertiary/aromatic N) is 6. The fourth-order valence-electron chi connectivity index (χ4n) is 11.7. The number of hydrogen-bond acceptors (Lipinski definition) is 6. The molecule has 0 unspecified atom stereocenters. The minimum absolute atomic E-state index is 0.185. The van der Waals surface area contributed by atoms with Crippen molar-refractivity contribution in [2.24, 2.45) is 0 Å². The van der Waals surface area contributed by atoms with Gasteiger partial charge in [-0.05, 0) is 145 Å². The molecule has 0 aliphatic rings. The van der Waals surface area contributed by atoms with Gasteiger partial charge in [0.05, 0.1) is 44.6 Å². The molecule has 438 valence electrons. The number of benzene rings is 8. The van der Waals surface area contributed by atoms with Gasteiger partial charge < -0.3 is 10.2 Å². The van der Waals surface area contributed by atoms with Crippen molar-refractivity contribution >= 4 is 22.1 Å². The molecule has 0 bridgehead atoms. The average molecular weight is 1140 g/mol. The summed E-state index contributed by atoms with van der Waals surface area (Å²) in [4.78, 5) is 21.3. The first-order chi connectivity index (χ1) is 40.3. The van der Waals surface area contributed by atoms with Gasteiger partial charge in [0.25, 0.3) is 0 Å². The lowest BCUT2D eigenvalue weighted by molar-refractivity contribution is 0.445. The summed E-state index contributed by atoms with van der Waals surface area (Å²) in [7, 11) is 0. The summed E-state index contributed by atoms with van der Waals surface area (Å²) in [6.45, 7) is 39.8. The van der Waals surface area contributed by atoms with Gasteiger partial charge in [-0.25, -0.2) is 19.9 Å². The van der Waals surface area contributed by atoms with Crippen LogP contribution in [0, 0.1) is 0 Å². The Bertz CT molecular complexity index is 4130. The topological polar surface area (TPSA) is 102 Å². The van der Waals surface area contributed by atoms with E-state index in [1.54, 1.807) is 6.33 Å². The minimum Gasteiger partial charge on any atom is -0.507 e. The number of phenols is 2. The zero-order valence-electron chi connectivity index (χ0n) is 53.7. The zero-order chi connectivity index (χ0) is 61.8. The van der Waals surface area contributed by atoms with Gasteiger partial charge in [-0.1, -0.05) is 210 Å². The lowest BCUT2D eigenvalue weighted by Gasteiger charge is -2.27. The Morgan fingerprint density at radius 2 is 0.651 bits per heavy atom. The number of fused-ring (bicyclic) bond motifs is 2. The molecule has 0 saturated heterocycles. The van der Waals surface area contributed by atoms with Crippen LogP contribution in [0.4, 0.5) is 0 Å². The maximum Gasteiger partial charge on any atom is 0.149 e. The molecule has 8 heteroatoms. The van der Waals surface area contributed by atoms with Crippen LogP contribution in [0.3, 0.4) is 0 Å². The largest absolute Gasteiger partial charge is 0.507 e. The van der Waals surface area contributed by atoms with E-state index in [1.165, 1.54) is 0 Å². The molecule has 3 aromatic heterocycles. The highest BCUT2D eigenvalue weighted by Crippen LogP contribution is 2.48. The molecule has 0 fully saturated rings. The van der Waals surface area contributed by atoms with E-state index in [2.05, 4.69) is 285 Å². The van der Waals surface area contributed by atoms with Gasteiger partial charge in [0.2, 0.25) is 0 Å². The SMILES string of the molecule is CC(C)(C)c1cc(-c2cc(-c3cc(-c4cccc5c4nc(-c4cc(C(C)(C)C)cc(C(C)(C)C)c4O)n5-c4ccccc4)cc(C(C)(C)C)c3)ncn2)cc(-c2cccc3c2nc(-c2cc(C(C)(C)C)cc(C(C)(C)C)c2O)n3-c2ccccc2)c1. The number of imidazole rings is 2. The van der Waals surface area contributed by atoms with Crippen LogP contribution in [0.1, 0.15) is 158 Å². The highest BCUT2D eigenvalue weighted by atomic mass is 16.3. The molecule has 0 radical (unpaired) electrons. The standard InChI is InChI=1S/C78H84N6O2/c1-73(2,3)51-37-47(57-31-25-33-65-67(57)81-71(83(65)55-27-21-19-22-28-55)59-41-53(75(7,8)9)43-61(69(59)85)77(13,14)15)35-49(39-51)63-45-64(80-46-79-63)50-36-48(38-52(40-50)74(4,5)6)58-32-26-34-66-68(58)82-72(84(66)56-29-23-20-24-30-56)60-42-54(76(10,11)12)44-62(70(60)86)78(16,17)18/h19-46,85-86H,1-18H3. The molecular weight excluding hydrogens is 1050 g/mol. The van der Waals surface area contributed by atoms with Gasteiger partial charge in [-0.3, -0.25) is 9.13 Å². The second-order valence-electron chi connectivity index (χ2n) is 29.8. The van der Waals surface area contributed by atoms with E-state index in [0.717, 1.165) is 112 Å². The molecule has 0 aliphatic heterocycles. The quantitative estimate of drug-likeness (QED) is 0.157. The first-order valence-electron chi connectivity index (χ1n) is 30.3. The normalized spacial score (nSPS) is 12.9. The number of aromatic nitrogens is 6. The predicted molar refractivity (Wildman–Crippen MR) is 359 cm³/mol. The number of hydrogen-bond donors (Lipinski definition) is 2. The van der Waals surface area contributed by atoms with Crippen LogP contribution < -0.4 is 0 Å². The summed E-state index contributed by atoms with van der Waals surface area (Å²) in [5, 5.41) is 24.8. The molecule has 8 aromatic carbocycles. The highest BCUT2D eigenvalue weighted by Gasteiger charge is 2.32. The molecule has 11 rings (SSSR count). The fourth-order valence-corrected chi connectivity index (χ4v) is 11.7. The number of rotatable bonds is 8. The maximum absolute atomic E-state index is 12.4. The second-order valence-corrected chi connectivity index (χ2v) is 29.8. The minimum atomic E-state index is -0.326. The van der Waals surface area contributed by atoms with Gasteiger partial charge >= 0.3 is 0 Å². The van der Waals surface area contributed by atoms with Gasteiger partial charge in [-0.2, -0.15) is 0 Å². The molecule has 0 amide bonds. The summed E-state index contributed by atoms with van der Waals surface area (Å²) in [5.41, 5.74) is 19.2. The predicted octanol–water partition coefficient (Wildman–Crippen LogP) is 20.4. The molecule has 0 saturated carbocycles. The summed E-state index contributed by atoms with van der Waals surface area (Å²) in [6, 6.07) is 57.9. The number of phenolic OH excluding ortho intramolecular Hbond substituents is 2. The van der Waals surface area contributed by atoms with Crippen molar-refractivity contribution in [1.82, 2.24) is 29.1 Å². The van der Waals surface area contributed by atoms with Crippen LogP contribution in [-0.2, 0) is 32.5 Å². The Labute approximate surface area is 509 Å². The smallest absolute Gasteiger partial charge is 0.149 e. The molecule has 0 atom stereocenters. The highest BCUT2D eigenvalue weighted by molar-refractivity contribution is 5.99. The van der Waals surface area contributed by atoms with Crippen molar-refractivity contribution in [1.29, 1.82) is 0 Å². The Hall–Kier alpha value is -8.62. The molecule has 8 nitrogen and oxygen atoms in total.